The van der Waals surface area contributed by atoms with Gasteiger partial charge in [0.1, 0.15) is 0 Å². The second-order valence-electron chi connectivity index (χ2n) is 6.03. The van der Waals surface area contributed by atoms with E-state index >= 15 is 0 Å². The third-order valence-electron chi connectivity index (χ3n) is 4.81. The van der Waals surface area contributed by atoms with Crippen molar-refractivity contribution in [3.05, 3.63) is 0 Å². The maximum atomic E-state index is 11.8. The average molecular weight is 223 g/mol. The molecule has 3 fully saturated rings. The lowest BCUT2D eigenvalue weighted by atomic mass is 9.85. The summed E-state index contributed by atoms with van der Waals surface area (Å²) in [6.07, 6.45) is 7.47. The van der Waals surface area contributed by atoms with Crippen LogP contribution in [-0.2, 0) is 4.79 Å². The minimum absolute atomic E-state index is 0.173. The molecule has 3 aliphatic carbocycles. The van der Waals surface area contributed by atoms with E-state index in [0.29, 0.717) is 5.92 Å². The summed E-state index contributed by atoms with van der Waals surface area (Å²) in [4.78, 5) is 11.8. The Morgan fingerprint density at radius 3 is 2.56 bits per heavy atom. The Morgan fingerprint density at radius 1 is 1.19 bits per heavy atom. The summed E-state index contributed by atoms with van der Waals surface area (Å²) in [6, 6.07) is 0.251. The zero-order valence-corrected chi connectivity index (χ0v) is 9.69. The highest BCUT2D eigenvalue weighted by atomic mass is 16.3. The van der Waals surface area contributed by atoms with Crippen LogP contribution in [0.2, 0.25) is 0 Å². The van der Waals surface area contributed by atoms with E-state index in [9.17, 15) is 4.79 Å². The molecule has 2 bridgehead atoms. The lowest BCUT2D eigenvalue weighted by Gasteiger charge is -2.32. The van der Waals surface area contributed by atoms with Crippen LogP contribution in [0.4, 0.5) is 0 Å². The predicted molar refractivity (Wildman–Crippen MR) is 60.7 cm³/mol. The molecule has 3 atom stereocenters. The van der Waals surface area contributed by atoms with Crippen LogP contribution in [-0.4, -0.2) is 23.2 Å². The van der Waals surface area contributed by atoms with Gasteiger partial charge in [0, 0.05) is 12.5 Å². The Kier molecular flexibility index (Phi) is 2.66. The van der Waals surface area contributed by atoms with Gasteiger partial charge in [0.15, 0.2) is 0 Å². The highest BCUT2D eigenvalue weighted by molar-refractivity contribution is 5.76. The summed E-state index contributed by atoms with van der Waals surface area (Å²) < 4.78 is 0. The molecule has 3 nitrogen and oxygen atoms in total. The topological polar surface area (TPSA) is 49.3 Å². The largest absolute Gasteiger partial charge is 0.393 e. The van der Waals surface area contributed by atoms with Crippen molar-refractivity contribution in [3.8, 4) is 0 Å². The molecule has 0 heterocycles. The normalized spacial score (nSPS) is 45.4. The number of fused-ring (bicyclic) bond motifs is 2. The van der Waals surface area contributed by atoms with Crippen LogP contribution >= 0.6 is 0 Å². The number of nitrogens with one attached hydrogen (secondary N) is 1. The first-order valence-electron chi connectivity index (χ1n) is 6.68. The molecule has 0 aromatic carbocycles. The summed E-state index contributed by atoms with van der Waals surface area (Å²) in [7, 11) is 0. The number of hydrogen-bond donors (Lipinski definition) is 2. The number of rotatable bonds is 3. The van der Waals surface area contributed by atoms with Gasteiger partial charge in [-0.2, -0.15) is 0 Å². The molecule has 0 saturated heterocycles. The molecule has 0 aromatic heterocycles. The van der Waals surface area contributed by atoms with E-state index in [0.717, 1.165) is 31.1 Å². The van der Waals surface area contributed by atoms with Crippen molar-refractivity contribution in [2.45, 2.75) is 57.1 Å². The second kappa shape index (κ2) is 4.02. The molecule has 3 saturated carbocycles. The maximum Gasteiger partial charge on any atom is 0.220 e. The molecule has 0 aliphatic heterocycles. The van der Waals surface area contributed by atoms with E-state index < -0.39 is 0 Å². The fraction of sp³-hybridized carbons (Fsp3) is 0.923. The SMILES string of the molecule is O=C(CC1CC2CCC1C2)NC1CC(O)C1. The third-order valence-corrected chi connectivity index (χ3v) is 4.81. The van der Waals surface area contributed by atoms with Gasteiger partial charge in [-0.15, -0.1) is 0 Å². The van der Waals surface area contributed by atoms with Crippen molar-refractivity contribution < 1.29 is 9.90 Å². The van der Waals surface area contributed by atoms with Crippen LogP contribution in [0.15, 0.2) is 0 Å². The smallest absolute Gasteiger partial charge is 0.220 e. The van der Waals surface area contributed by atoms with Crippen LogP contribution in [0.3, 0.4) is 0 Å². The summed E-state index contributed by atoms with van der Waals surface area (Å²) in [5.74, 6) is 2.63. The summed E-state index contributed by atoms with van der Waals surface area (Å²) in [5.41, 5.74) is 0. The number of aliphatic hydroxyl groups excluding tert-OH is 1. The standard InChI is InChI=1S/C13H21NO2/c15-12-6-11(7-12)14-13(16)5-10-4-8-1-2-9(10)3-8/h8-12,15H,1-7H2,(H,14,16). The molecule has 0 radical (unpaired) electrons. The fourth-order valence-electron chi connectivity index (χ4n) is 3.86. The minimum atomic E-state index is -0.173. The summed E-state index contributed by atoms with van der Waals surface area (Å²) in [5, 5.41) is 12.2. The Bertz CT molecular complexity index is 286. The van der Waals surface area contributed by atoms with Crippen molar-refractivity contribution in [3.63, 3.8) is 0 Å². The van der Waals surface area contributed by atoms with Crippen LogP contribution in [0.1, 0.15) is 44.9 Å². The van der Waals surface area contributed by atoms with E-state index in [1.165, 1.54) is 25.7 Å². The monoisotopic (exact) mass is 223 g/mol. The van der Waals surface area contributed by atoms with Crippen molar-refractivity contribution in [1.82, 2.24) is 5.32 Å². The van der Waals surface area contributed by atoms with Gasteiger partial charge in [-0.3, -0.25) is 4.79 Å². The number of hydrogen-bond acceptors (Lipinski definition) is 2. The van der Waals surface area contributed by atoms with Gasteiger partial charge in [0.25, 0.3) is 0 Å². The highest BCUT2D eigenvalue weighted by Gasteiger charge is 2.40. The van der Waals surface area contributed by atoms with E-state index in [-0.39, 0.29) is 18.1 Å². The van der Waals surface area contributed by atoms with Gasteiger partial charge in [0.05, 0.1) is 6.10 Å². The van der Waals surface area contributed by atoms with Crippen LogP contribution in [0.25, 0.3) is 0 Å². The zero-order valence-electron chi connectivity index (χ0n) is 9.69. The quantitative estimate of drug-likeness (QED) is 0.761. The lowest BCUT2D eigenvalue weighted by molar-refractivity contribution is -0.124. The van der Waals surface area contributed by atoms with Crippen molar-refractivity contribution in [1.29, 1.82) is 0 Å². The molecule has 0 spiro atoms. The molecule has 3 unspecified atom stereocenters. The Labute approximate surface area is 96.6 Å². The van der Waals surface area contributed by atoms with Gasteiger partial charge in [0.2, 0.25) is 5.91 Å². The van der Waals surface area contributed by atoms with Gasteiger partial charge in [-0.05, 0) is 49.9 Å². The summed E-state index contributed by atoms with van der Waals surface area (Å²) >= 11 is 0. The third kappa shape index (κ3) is 1.97. The Balaban J connectivity index is 1.43. The Morgan fingerprint density at radius 2 is 2.00 bits per heavy atom. The molecule has 2 N–H and O–H groups in total. The van der Waals surface area contributed by atoms with Gasteiger partial charge >= 0.3 is 0 Å². The van der Waals surface area contributed by atoms with E-state index in [1.54, 1.807) is 0 Å². The fourth-order valence-corrected chi connectivity index (χ4v) is 3.86. The van der Waals surface area contributed by atoms with E-state index in [2.05, 4.69) is 5.32 Å². The molecule has 0 aromatic rings. The van der Waals surface area contributed by atoms with E-state index in [4.69, 9.17) is 5.11 Å². The number of carbonyl (C=O) groups is 1. The van der Waals surface area contributed by atoms with Crippen molar-refractivity contribution in [2.75, 3.05) is 0 Å². The first-order valence-corrected chi connectivity index (χ1v) is 6.68. The molecule has 16 heavy (non-hydrogen) atoms. The van der Waals surface area contributed by atoms with Gasteiger partial charge < -0.3 is 10.4 Å². The van der Waals surface area contributed by atoms with E-state index in [1.807, 2.05) is 0 Å². The molecule has 90 valence electrons. The summed E-state index contributed by atoms with van der Waals surface area (Å²) in [6.45, 7) is 0. The Hall–Kier alpha value is -0.570. The van der Waals surface area contributed by atoms with Crippen LogP contribution in [0, 0.1) is 17.8 Å². The molecule has 3 rings (SSSR count). The molecular formula is C13H21NO2. The van der Waals surface area contributed by atoms with Crippen molar-refractivity contribution >= 4 is 5.91 Å². The minimum Gasteiger partial charge on any atom is -0.393 e. The lowest BCUT2D eigenvalue weighted by Crippen LogP contribution is -2.47. The zero-order chi connectivity index (χ0) is 11.1. The van der Waals surface area contributed by atoms with Crippen LogP contribution < -0.4 is 5.32 Å². The van der Waals surface area contributed by atoms with Crippen molar-refractivity contribution in [2.24, 2.45) is 17.8 Å². The maximum absolute atomic E-state index is 11.8. The number of aliphatic hydroxyl groups is 1. The molecule has 3 heteroatoms. The van der Waals surface area contributed by atoms with Gasteiger partial charge in [-0.25, -0.2) is 0 Å². The second-order valence-corrected chi connectivity index (χ2v) is 6.03. The number of carbonyl (C=O) groups excluding carboxylic acids is 1. The van der Waals surface area contributed by atoms with Gasteiger partial charge in [-0.1, -0.05) is 6.42 Å². The molecule has 3 aliphatic rings. The van der Waals surface area contributed by atoms with Crippen LogP contribution in [0.5, 0.6) is 0 Å². The first-order chi connectivity index (χ1) is 7.70. The number of amides is 1. The molecular weight excluding hydrogens is 202 g/mol. The highest BCUT2D eigenvalue weighted by Crippen LogP contribution is 2.49. The first kappa shape index (κ1) is 10.6. The molecule has 1 amide bonds. The predicted octanol–water partition coefficient (Wildman–Crippen LogP) is 1.45. The average Bonchev–Trinajstić information content (AvgIpc) is 2.76.